The van der Waals surface area contributed by atoms with Crippen LogP contribution in [0.25, 0.3) is 0 Å². The number of aromatic nitrogens is 2. The Hall–Kier alpha value is -2.84. The molecule has 1 atom stereocenters. The largest absolute Gasteiger partial charge is 0.493 e. The maximum Gasteiger partial charge on any atom is 0.321 e. The maximum absolute atomic E-state index is 15.2. The number of carbonyl (C=O) groups is 1. The maximum atomic E-state index is 15.2. The number of anilines is 1. The molecular formula is C17H21FN4O4. The molecule has 1 saturated heterocycles. The fourth-order valence-electron chi connectivity index (χ4n) is 2.95. The van der Waals surface area contributed by atoms with Crippen LogP contribution < -0.4 is 14.8 Å². The van der Waals surface area contributed by atoms with Gasteiger partial charge in [-0.25, -0.2) is 9.18 Å². The molecule has 0 radical (unpaired) electrons. The number of benzene rings is 1. The SMILES string of the molecule is COc1ccc(NC(=O)N2CCCC(F)(c3nc(C)no3)C2)cc1OC. The molecule has 1 aromatic heterocycles. The van der Waals surface area contributed by atoms with Crippen LogP contribution in [0.4, 0.5) is 14.9 Å². The van der Waals surface area contributed by atoms with Crippen LogP contribution in [-0.4, -0.2) is 48.4 Å². The Kier molecular flexibility index (Phi) is 4.97. The molecule has 2 amide bonds. The van der Waals surface area contributed by atoms with Crippen molar-refractivity contribution in [1.82, 2.24) is 15.0 Å². The summed E-state index contributed by atoms with van der Waals surface area (Å²) in [6.45, 7) is 1.92. The number of hydrogen-bond acceptors (Lipinski definition) is 6. The molecule has 8 nitrogen and oxygen atoms in total. The van der Waals surface area contributed by atoms with Crippen LogP contribution >= 0.6 is 0 Å². The monoisotopic (exact) mass is 364 g/mol. The normalized spacial score (nSPS) is 19.9. The van der Waals surface area contributed by atoms with E-state index in [0.717, 1.165) is 0 Å². The fraction of sp³-hybridized carbons (Fsp3) is 0.471. The van der Waals surface area contributed by atoms with Gasteiger partial charge in [0.05, 0.1) is 20.8 Å². The van der Waals surface area contributed by atoms with Gasteiger partial charge in [0.25, 0.3) is 5.89 Å². The molecule has 1 aliphatic rings. The van der Waals surface area contributed by atoms with Crippen molar-refractivity contribution >= 4 is 11.7 Å². The predicted octanol–water partition coefficient (Wildman–Crippen LogP) is 2.89. The van der Waals surface area contributed by atoms with Crippen LogP contribution in [0.1, 0.15) is 24.6 Å². The topological polar surface area (TPSA) is 89.7 Å². The first-order valence-corrected chi connectivity index (χ1v) is 8.23. The highest BCUT2D eigenvalue weighted by Crippen LogP contribution is 2.35. The molecule has 140 valence electrons. The highest BCUT2D eigenvalue weighted by molar-refractivity contribution is 5.89. The third-order valence-electron chi connectivity index (χ3n) is 4.28. The van der Waals surface area contributed by atoms with E-state index in [-0.39, 0.29) is 18.9 Å². The average molecular weight is 364 g/mol. The number of urea groups is 1. The smallest absolute Gasteiger partial charge is 0.321 e. The Labute approximate surface area is 150 Å². The summed E-state index contributed by atoms with van der Waals surface area (Å²) in [6, 6.07) is 4.61. The van der Waals surface area contributed by atoms with Gasteiger partial charge < -0.3 is 24.2 Å². The average Bonchev–Trinajstić information content (AvgIpc) is 3.09. The molecule has 9 heteroatoms. The van der Waals surface area contributed by atoms with Crippen molar-refractivity contribution in [3.63, 3.8) is 0 Å². The lowest BCUT2D eigenvalue weighted by molar-refractivity contribution is 0.0333. The number of ether oxygens (including phenoxy) is 2. The van der Waals surface area contributed by atoms with E-state index in [4.69, 9.17) is 14.0 Å². The van der Waals surface area contributed by atoms with Crippen LogP contribution in [-0.2, 0) is 5.67 Å². The number of hydrogen-bond donors (Lipinski definition) is 1. The summed E-state index contributed by atoms with van der Waals surface area (Å²) in [6.07, 6.45) is 0.728. The van der Waals surface area contributed by atoms with Crippen molar-refractivity contribution in [2.75, 3.05) is 32.6 Å². The zero-order valence-corrected chi connectivity index (χ0v) is 14.9. The van der Waals surface area contributed by atoms with E-state index in [0.29, 0.717) is 36.0 Å². The summed E-state index contributed by atoms with van der Waals surface area (Å²) in [7, 11) is 3.04. The molecule has 0 saturated carbocycles. The number of alkyl halides is 1. The Morgan fingerprint density at radius 3 is 2.77 bits per heavy atom. The predicted molar refractivity (Wildman–Crippen MR) is 91.2 cm³/mol. The Morgan fingerprint density at radius 2 is 2.12 bits per heavy atom. The second-order valence-electron chi connectivity index (χ2n) is 6.14. The highest BCUT2D eigenvalue weighted by Gasteiger charge is 2.43. The first kappa shape index (κ1) is 18.0. The minimum Gasteiger partial charge on any atom is -0.493 e. The first-order valence-electron chi connectivity index (χ1n) is 8.23. The summed E-state index contributed by atoms with van der Waals surface area (Å²) in [5.41, 5.74) is -1.31. The Morgan fingerprint density at radius 1 is 1.35 bits per heavy atom. The molecule has 26 heavy (non-hydrogen) atoms. The number of rotatable bonds is 4. The van der Waals surface area contributed by atoms with Gasteiger partial charge in [-0.05, 0) is 31.9 Å². The van der Waals surface area contributed by atoms with Gasteiger partial charge in [0.2, 0.25) is 5.67 Å². The minimum atomic E-state index is -1.84. The van der Waals surface area contributed by atoms with E-state index in [1.165, 1.54) is 19.1 Å². The lowest BCUT2D eigenvalue weighted by Crippen LogP contribution is -2.48. The van der Waals surface area contributed by atoms with Crippen LogP contribution in [0.3, 0.4) is 0 Å². The first-order chi connectivity index (χ1) is 12.4. The lowest BCUT2D eigenvalue weighted by atomic mass is 9.95. The van der Waals surface area contributed by atoms with E-state index in [1.54, 1.807) is 25.1 Å². The van der Waals surface area contributed by atoms with E-state index in [9.17, 15) is 4.79 Å². The molecule has 1 aromatic carbocycles. The van der Waals surface area contributed by atoms with Gasteiger partial charge in [0.15, 0.2) is 17.3 Å². The molecule has 0 spiro atoms. The molecule has 1 unspecified atom stereocenters. The zero-order chi connectivity index (χ0) is 18.7. The van der Waals surface area contributed by atoms with Gasteiger partial charge in [-0.1, -0.05) is 5.16 Å². The number of carbonyl (C=O) groups excluding carboxylic acids is 1. The lowest BCUT2D eigenvalue weighted by Gasteiger charge is -2.35. The number of piperidine rings is 1. The quantitative estimate of drug-likeness (QED) is 0.897. The molecule has 1 aliphatic heterocycles. The van der Waals surface area contributed by atoms with E-state index < -0.39 is 11.7 Å². The number of amides is 2. The summed E-state index contributed by atoms with van der Waals surface area (Å²) in [4.78, 5) is 17.9. The number of halogens is 1. The second-order valence-corrected chi connectivity index (χ2v) is 6.14. The zero-order valence-electron chi connectivity index (χ0n) is 14.9. The van der Waals surface area contributed by atoms with Gasteiger partial charge in [-0.2, -0.15) is 4.98 Å². The molecular weight excluding hydrogens is 343 g/mol. The van der Waals surface area contributed by atoms with Crippen molar-refractivity contribution in [1.29, 1.82) is 0 Å². The summed E-state index contributed by atoms with van der Waals surface area (Å²) in [5.74, 6) is 1.32. The number of methoxy groups -OCH3 is 2. The minimum absolute atomic E-state index is 0.0846. The summed E-state index contributed by atoms with van der Waals surface area (Å²) in [5, 5.41) is 6.39. The van der Waals surface area contributed by atoms with Crippen LogP contribution in [0.2, 0.25) is 0 Å². The van der Waals surface area contributed by atoms with Crippen LogP contribution in [0.15, 0.2) is 22.7 Å². The molecule has 0 bridgehead atoms. The van der Waals surface area contributed by atoms with Crippen LogP contribution in [0.5, 0.6) is 11.5 Å². The van der Waals surface area contributed by atoms with E-state index in [2.05, 4.69) is 15.5 Å². The van der Waals surface area contributed by atoms with Gasteiger partial charge in [-0.15, -0.1) is 0 Å². The summed E-state index contributed by atoms with van der Waals surface area (Å²) >= 11 is 0. The third kappa shape index (κ3) is 3.56. The van der Waals surface area contributed by atoms with Crippen molar-refractivity contribution in [2.24, 2.45) is 0 Å². The Bertz CT molecular complexity index is 797. The fourth-order valence-corrected chi connectivity index (χ4v) is 2.95. The highest BCUT2D eigenvalue weighted by atomic mass is 19.1. The number of likely N-dealkylation sites (tertiary alicyclic amines) is 1. The molecule has 3 rings (SSSR count). The van der Waals surface area contributed by atoms with Gasteiger partial charge in [0.1, 0.15) is 0 Å². The van der Waals surface area contributed by atoms with Gasteiger partial charge >= 0.3 is 6.03 Å². The van der Waals surface area contributed by atoms with Crippen LogP contribution in [0, 0.1) is 6.92 Å². The molecule has 1 N–H and O–H groups in total. The van der Waals surface area contributed by atoms with Crippen molar-refractivity contribution in [3.05, 3.63) is 29.9 Å². The standard InChI is InChI=1S/C17H21FN4O4/c1-11-19-15(26-21-11)17(18)7-4-8-22(10-17)16(23)20-12-5-6-13(24-2)14(9-12)25-3/h5-6,9H,4,7-8,10H2,1-3H3,(H,20,23). The second kappa shape index (κ2) is 7.19. The third-order valence-corrected chi connectivity index (χ3v) is 4.28. The van der Waals surface area contributed by atoms with Gasteiger partial charge in [-0.3, -0.25) is 0 Å². The van der Waals surface area contributed by atoms with E-state index >= 15 is 4.39 Å². The number of aryl methyl sites for hydroxylation is 1. The summed E-state index contributed by atoms with van der Waals surface area (Å²) < 4.78 is 30.6. The number of nitrogens with one attached hydrogen (secondary N) is 1. The molecule has 0 aliphatic carbocycles. The van der Waals surface area contributed by atoms with Crippen molar-refractivity contribution in [3.8, 4) is 11.5 Å². The van der Waals surface area contributed by atoms with Gasteiger partial charge in [0, 0.05) is 18.3 Å². The molecule has 1 fully saturated rings. The Balaban J connectivity index is 1.72. The van der Waals surface area contributed by atoms with Crippen molar-refractivity contribution < 1.29 is 23.2 Å². The molecule has 2 heterocycles. The number of nitrogens with zero attached hydrogens (tertiary/aromatic N) is 3. The molecule has 2 aromatic rings. The van der Waals surface area contributed by atoms with Crippen molar-refractivity contribution in [2.45, 2.75) is 25.4 Å². The van der Waals surface area contributed by atoms with E-state index in [1.807, 2.05) is 0 Å².